The van der Waals surface area contributed by atoms with Crippen molar-refractivity contribution >= 4 is 21.2 Å². The normalized spacial score (nSPS) is 23.3. The lowest BCUT2D eigenvalue weighted by molar-refractivity contribution is 0.239. The van der Waals surface area contributed by atoms with Crippen molar-refractivity contribution in [1.29, 1.82) is 0 Å². The average molecular weight is 319 g/mol. The van der Waals surface area contributed by atoms with Crippen LogP contribution in [0.3, 0.4) is 0 Å². The molecule has 2 aromatic rings. The SMILES string of the molecule is CS(=O)(=O)CCCN1C2c3ccccc3C1c1sccc12. The van der Waals surface area contributed by atoms with Gasteiger partial charge in [-0.25, -0.2) is 8.42 Å². The topological polar surface area (TPSA) is 37.4 Å². The second-order valence-corrected chi connectivity index (χ2v) is 9.10. The molecule has 1 aromatic heterocycles. The van der Waals surface area contributed by atoms with Gasteiger partial charge in [0.05, 0.1) is 17.8 Å². The first kappa shape index (κ1) is 13.5. The number of benzene rings is 1. The van der Waals surface area contributed by atoms with Gasteiger partial charge >= 0.3 is 0 Å². The summed E-state index contributed by atoms with van der Waals surface area (Å²) in [6.45, 7) is 0.832. The van der Waals surface area contributed by atoms with Crippen molar-refractivity contribution in [3.63, 3.8) is 0 Å². The molecular weight excluding hydrogens is 302 g/mol. The number of hydrogen-bond donors (Lipinski definition) is 0. The largest absolute Gasteiger partial charge is 0.280 e. The molecule has 2 bridgehead atoms. The third kappa shape index (κ3) is 2.06. The number of hydrogen-bond acceptors (Lipinski definition) is 4. The molecule has 0 fully saturated rings. The van der Waals surface area contributed by atoms with Gasteiger partial charge in [0.15, 0.2) is 0 Å². The Hall–Kier alpha value is -1.17. The fraction of sp³-hybridized carbons (Fsp3) is 0.375. The number of sulfone groups is 1. The number of rotatable bonds is 4. The summed E-state index contributed by atoms with van der Waals surface area (Å²) in [5.74, 6) is 0.271. The predicted octanol–water partition coefficient (Wildman–Crippen LogP) is 2.99. The summed E-state index contributed by atoms with van der Waals surface area (Å²) < 4.78 is 22.7. The molecule has 0 N–H and O–H groups in total. The zero-order chi connectivity index (χ0) is 14.6. The van der Waals surface area contributed by atoms with Crippen molar-refractivity contribution in [2.45, 2.75) is 18.5 Å². The van der Waals surface area contributed by atoms with Gasteiger partial charge in [-0.15, -0.1) is 11.3 Å². The molecule has 21 heavy (non-hydrogen) atoms. The number of fused-ring (bicyclic) bond motifs is 8. The van der Waals surface area contributed by atoms with E-state index in [-0.39, 0.29) is 5.75 Å². The molecule has 0 amide bonds. The van der Waals surface area contributed by atoms with Gasteiger partial charge in [-0.1, -0.05) is 24.3 Å². The van der Waals surface area contributed by atoms with Crippen LogP contribution in [-0.4, -0.2) is 31.9 Å². The Morgan fingerprint density at radius 3 is 2.52 bits per heavy atom. The minimum absolute atomic E-state index is 0.271. The molecule has 5 heteroatoms. The molecular formula is C16H17NO2S2. The van der Waals surface area contributed by atoms with Gasteiger partial charge < -0.3 is 0 Å². The van der Waals surface area contributed by atoms with Crippen LogP contribution in [0.1, 0.15) is 40.1 Å². The molecule has 2 aliphatic rings. The van der Waals surface area contributed by atoms with Gasteiger partial charge in [-0.2, -0.15) is 0 Å². The van der Waals surface area contributed by atoms with Crippen LogP contribution in [-0.2, 0) is 9.84 Å². The smallest absolute Gasteiger partial charge is 0.147 e. The maximum absolute atomic E-state index is 11.4. The second kappa shape index (κ2) is 4.66. The highest BCUT2D eigenvalue weighted by Gasteiger charge is 2.47. The zero-order valence-corrected chi connectivity index (χ0v) is 13.5. The van der Waals surface area contributed by atoms with Gasteiger partial charge in [0, 0.05) is 17.7 Å². The van der Waals surface area contributed by atoms with E-state index in [2.05, 4.69) is 40.6 Å². The summed E-state index contributed by atoms with van der Waals surface area (Å²) in [6, 6.07) is 11.5. The molecule has 2 aliphatic heterocycles. The predicted molar refractivity (Wildman–Crippen MR) is 85.5 cm³/mol. The van der Waals surface area contributed by atoms with Crippen LogP contribution in [0.25, 0.3) is 0 Å². The maximum Gasteiger partial charge on any atom is 0.147 e. The minimum atomic E-state index is -2.88. The third-order valence-electron chi connectivity index (χ3n) is 4.45. The maximum atomic E-state index is 11.4. The van der Waals surface area contributed by atoms with Crippen molar-refractivity contribution in [2.75, 3.05) is 18.6 Å². The lowest BCUT2D eigenvalue weighted by Gasteiger charge is -2.22. The quantitative estimate of drug-likeness (QED) is 0.869. The minimum Gasteiger partial charge on any atom is -0.280 e. The van der Waals surface area contributed by atoms with E-state index in [1.807, 2.05) is 11.3 Å². The van der Waals surface area contributed by atoms with Crippen LogP contribution in [0.15, 0.2) is 35.7 Å². The Kier molecular flexibility index (Phi) is 3.00. The molecule has 0 aliphatic carbocycles. The summed E-state index contributed by atoms with van der Waals surface area (Å²) >= 11 is 1.82. The lowest BCUT2D eigenvalue weighted by atomic mass is 9.91. The molecule has 110 valence electrons. The fourth-order valence-electron chi connectivity index (χ4n) is 3.70. The van der Waals surface area contributed by atoms with E-state index in [1.165, 1.54) is 27.8 Å². The van der Waals surface area contributed by atoms with Crippen molar-refractivity contribution in [3.8, 4) is 0 Å². The van der Waals surface area contributed by atoms with Crippen LogP contribution in [0.5, 0.6) is 0 Å². The highest BCUT2D eigenvalue weighted by molar-refractivity contribution is 7.90. The molecule has 0 saturated heterocycles. The molecule has 0 spiro atoms. The van der Waals surface area contributed by atoms with Crippen molar-refractivity contribution in [1.82, 2.24) is 4.90 Å². The molecule has 0 saturated carbocycles. The summed E-state index contributed by atoms with van der Waals surface area (Å²) in [4.78, 5) is 3.91. The van der Waals surface area contributed by atoms with Crippen LogP contribution in [0, 0.1) is 0 Å². The summed E-state index contributed by atoms with van der Waals surface area (Å²) in [7, 11) is -2.88. The van der Waals surface area contributed by atoms with Gasteiger partial charge in [-0.05, 0) is 34.6 Å². The summed E-state index contributed by atoms with van der Waals surface area (Å²) in [5.41, 5.74) is 4.22. The van der Waals surface area contributed by atoms with E-state index in [0.29, 0.717) is 18.5 Å². The van der Waals surface area contributed by atoms with Gasteiger partial charge in [-0.3, -0.25) is 4.90 Å². The van der Waals surface area contributed by atoms with E-state index in [4.69, 9.17) is 0 Å². The first-order valence-electron chi connectivity index (χ1n) is 7.16. The van der Waals surface area contributed by atoms with Crippen molar-refractivity contribution in [2.24, 2.45) is 0 Å². The van der Waals surface area contributed by atoms with Gasteiger partial charge in [0.2, 0.25) is 0 Å². The monoisotopic (exact) mass is 319 g/mol. The molecule has 2 unspecified atom stereocenters. The molecule has 2 atom stereocenters. The Balaban J connectivity index is 1.65. The first-order valence-corrected chi connectivity index (χ1v) is 10.1. The fourth-order valence-corrected chi connectivity index (χ4v) is 5.42. The standard InChI is InChI=1S/C16H17NO2S2/c1-21(18,19)10-4-8-17-14-11-5-2-3-6-12(11)15(17)16-13(14)7-9-20-16/h2-3,5-7,9,14-15H,4,8,10H2,1H3. The van der Waals surface area contributed by atoms with Crippen LogP contribution in [0.2, 0.25) is 0 Å². The third-order valence-corrected chi connectivity index (χ3v) is 6.47. The second-order valence-electron chi connectivity index (χ2n) is 5.90. The first-order chi connectivity index (χ1) is 10.1. The highest BCUT2D eigenvalue weighted by Crippen LogP contribution is 2.57. The van der Waals surface area contributed by atoms with Crippen LogP contribution in [0.4, 0.5) is 0 Å². The van der Waals surface area contributed by atoms with Crippen molar-refractivity contribution < 1.29 is 8.42 Å². The zero-order valence-electron chi connectivity index (χ0n) is 11.8. The Labute approximate surface area is 129 Å². The lowest BCUT2D eigenvalue weighted by Crippen LogP contribution is -2.24. The molecule has 3 nitrogen and oxygen atoms in total. The van der Waals surface area contributed by atoms with E-state index in [9.17, 15) is 8.42 Å². The Morgan fingerprint density at radius 2 is 1.81 bits per heavy atom. The van der Waals surface area contributed by atoms with Crippen LogP contribution < -0.4 is 0 Å². The molecule has 1 aromatic carbocycles. The molecule has 4 rings (SSSR count). The van der Waals surface area contributed by atoms with Crippen molar-refractivity contribution in [3.05, 3.63) is 57.3 Å². The number of thiophene rings is 1. The Bertz CT molecular complexity index is 749. The Morgan fingerprint density at radius 1 is 1.10 bits per heavy atom. The molecule has 0 radical (unpaired) electrons. The molecule has 3 heterocycles. The van der Waals surface area contributed by atoms with E-state index in [0.717, 1.165) is 6.54 Å². The van der Waals surface area contributed by atoms with E-state index >= 15 is 0 Å². The summed E-state index contributed by atoms with van der Waals surface area (Å²) in [6.07, 6.45) is 2.02. The van der Waals surface area contributed by atoms with Gasteiger partial charge in [0.25, 0.3) is 0 Å². The van der Waals surface area contributed by atoms with Gasteiger partial charge in [0.1, 0.15) is 9.84 Å². The van der Waals surface area contributed by atoms with E-state index < -0.39 is 9.84 Å². The summed E-state index contributed by atoms with van der Waals surface area (Å²) in [5, 5.41) is 2.17. The van der Waals surface area contributed by atoms with Crippen LogP contribution >= 0.6 is 11.3 Å². The van der Waals surface area contributed by atoms with E-state index in [1.54, 1.807) is 0 Å². The number of nitrogens with zero attached hydrogens (tertiary/aromatic N) is 1. The average Bonchev–Trinajstić information content (AvgIpc) is 3.05. The highest BCUT2D eigenvalue weighted by atomic mass is 32.2.